The smallest absolute Gasteiger partial charge is 0.206 e. The van der Waals surface area contributed by atoms with E-state index < -0.39 is 11.6 Å². The van der Waals surface area contributed by atoms with E-state index in [2.05, 4.69) is 4.98 Å². The number of nitrogens with zero attached hydrogens (tertiary/aromatic N) is 2. The molecule has 0 amide bonds. The number of hydrogen-bond acceptors (Lipinski definition) is 2. The summed E-state index contributed by atoms with van der Waals surface area (Å²) in [7, 11) is 0. The molecule has 19 heavy (non-hydrogen) atoms. The molecule has 0 radical (unpaired) electrons. The molecule has 1 heterocycles. The highest BCUT2D eigenvalue weighted by molar-refractivity contribution is 6.30. The normalized spacial score (nSPS) is 11.1. The lowest BCUT2D eigenvalue weighted by atomic mass is 10.2. The van der Waals surface area contributed by atoms with Crippen LogP contribution in [0.3, 0.4) is 0 Å². The van der Waals surface area contributed by atoms with Crippen molar-refractivity contribution >= 4 is 28.6 Å². The fourth-order valence-electron chi connectivity index (χ4n) is 1.99. The van der Waals surface area contributed by atoms with Crippen molar-refractivity contribution in [3.63, 3.8) is 0 Å². The zero-order chi connectivity index (χ0) is 13.6. The Morgan fingerprint density at radius 1 is 1.11 bits per heavy atom. The van der Waals surface area contributed by atoms with Crippen molar-refractivity contribution in [2.24, 2.45) is 0 Å². The van der Waals surface area contributed by atoms with Gasteiger partial charge in [0.2, 0.25) is 5.95 Å². The first-order chi connectivity index (χ1) is 9.06. The largest absolute Gasteiger partial charge is 0.369 e. The average molecular weight is 280 g/mol. The molecule has 0 saturated carbocycles. The number of anilines is 1. The number of hydrogen-bond donors (Lipinski definition) is 1. The number of halogens is 3. The summed E-state index contributed by atoms with van der Waals surface area (Å²) in [6, 6.07) is 8.25. The van der Waals surface area contributed by atoms with Crippen LogP contribution in [-0.4, -0.2) is 9.55 Å². The standard InChI is InChI=1S/C13H8ClF2N3/c14-7-1-3-11(9(16)5-7)19-12-4-2-8(15)6-10(12)18-13(19)17/h1-6H,(H2,17,18). The molecule has 0 bridgehead atoms. The van der Waals surface area contributed by atoms with Crippen molar-refractivity contribution in [2.45, 2.75) is 0 Å². The number of benzene rings is 2. The van der Waals surface area contributed by atoms with Gasteiger partial charge in [0, 0.05) is 11.1 Å². The molecule has 3 aromatic rings. The van der Waals surface area contributed by atoms with E-state index >= 15 is 0 Å². The number of nitrogen functional groups attached to an aromatic ring is 1. The first kappa shape index (κ1) is 11.9. The van der Waals surface area contributed by atoms with E-state index in [1.165, 1.54) is 34.9 Å². The van der Waals surface area contributed by atoms with Gasteiger partial charge in [-0.1, -0.05) is 11.6 Å². The minimum atomic E-state index is -0.525. The maximum Gasteiger partial charge on any atom is 0.206 e. The highest BCUT2D eigenvalue weighted by Gasteiger charge is 2.14. The summed E-state index contributed by atoms with van der Waals surface area (Å²) < 4.78 is 28.5. The third-order valence-electron chi connectivity index (χ3n) is 2.79. The summed E-state index contributed by atoms with van der Waals surface area (Å²) in [6.45, 7) is 0. The van der Waals surface area contributed by atoms with Crippen LogP contribution in [0, 0.1) is 11.6 Å². The molecule has 0 aliphatic heterocycles. The number of aromatic nitrogens is 2. The fraction of sp³-hybridized carbons (Fsp3) is 0. The molecule has 2 N–H and O–H groups in total. The molecule has 0 fully saturated rings. The molecule has 2 aromatic carbocycles. The van der Waals surface area contributed by atoms with Crippen LogP contribution in [0.15, 0.2) is 36.4 Å². The summed E-state index contributed by atoms with van der Waals surface area (Å²) in [5, 5.41) is 0.287. The van der Waals surface area contributed by atoms with E-state index in [0.29, 0.717) is 11.0 Å². The molecule has 0 atom stereocenters. The van der Waals surface area contributed by atoms with Crippen molar-refractivity contribution in [2.75, 3.05) is 5.73 Å². The fourth-order valence-corrected chi connectivity index (χ4v) is 2.15. The summed E-state index contributed by atoms with van der Waals surface area (Å²) in [5.41, 5.74) is 6.89. The van der Waals surface area contributed by atoms with Gasteiger partial charge < -0.3 is 5.73 Å². The van der Waals surface area contributed by atoms with Crippen molar-refractivity contribution in [3.05, 3.63) is 53.1 Å². The van der Waals surface area contributed by atoms with Gasteiger partial charge >= 0.3 is 0 Å². The SMILES string of the molecule is Nc1nc2cc(F)ccc2n1-c1ccc(Cl)cc1F. The summed E-state index contributed by atoms with van der Waals surface area (Å²) in [5.74, 6) is -0.863. The van der Waals surface area contributed by atoms with Crippen molar-refractivity contribution in [1.29, 1.82) is 0 Å². The Labute approximate surface area is 112 Å². The number of rotatable bonds is 1. The van der Waals surface area contributed by atoms with E-state index in [4.69, 9.17) is 17.3 Å². The monoisotopic (exact) mass is 279 g/mol. The van der Waals surface area contributed by atoms with E-state index in [9.17, 15) is 8.78 Å². The zero-order valence-electron chi connectivity index (χ0n) is 9.57. The summed E-state index contributed by atoms with van der Waals surface area (Å²) >= 11 is 5.71. The lowest BCUT2D eigenvalue weighted by Crippen LogP contribution is -2.02. The first-order valence-corrected chi connectivity index (χ1v) is 5.83. The Kier molecular flexibility index (Phi) is 2.64. The molecule has 3 rings (SSSR count). The highest BCUT2D eigenvalue weighted by Crippen LogP contribution is 2.26. The number of nitrogens with two attached hydrogens (primary N) is 1. The third kappa shape index (κ3) is 1.92. The van der Waals surface area contributed by atoms with Crippen LogP contribution in [-0.2, 0) is 0 Å². The predicted octanol–water partition coefficient (Wildman–Crippen LogP) is 3.54. The Morgan fingerprint density at radius 3 is 2.63 bits per heavy atom. The minimum absolute atomic E-state index is 0.0850. The van der Waals surface area contributed by atoms with Gasteiger partial charge in [0.15, 0.2) is 0 Å². The Hall–Kier alpha value is -2.14. The van der Waals surface area contributed by atoms with E-state index in [1.54, 1.807) is 6.07 Å². The molecule has 0 unspecified atom stereocenters. The second-order valence-corrected chi connectivity index (χ2v) is 4.47. The van der Waals surface area contributed by atoms with Crippen LogP contribution in [0.1, 0.15) is 0 Å². The van der Waals surface area contributed by atoms with Crippen molar-refractivity contribution in [3.8, 4) is 5.69 Å². The maximum absolute atomic E-state index is 13.9. The molecule has 0 saturated heterocycles. The molecule has 1 aromatic heterocycles. The van der Waals surface area contributed by atoms with Gasteiger partial charge in [0.25, 0.3) is 0 Å². The van der Waals surface area contributed by atoms with E-state index in [0.717, 1.165) is 0 Å². The molecule has 0 aliphatic rings. The van der Waals surface area contributed by atoms with Gasteiger partial charge in [-0.25, -0.2) is 13.8 Å². The van der Waals surface area contributed by atoms with E-state index in [-0.39, 0.29) is 16.7 Å². The second-order valence-electron chi connectivity index (χ2n) is 4.03. The van der Waals surface area contributed by atoms with Gasteiger partial charge in [-0.05, 0) is 30.3 Å². The van der Waals surface area contributed by atoms with Crippen LogP contribution in [0.5, 0.6) is 0 Å². The van der Waals surface area contributed by atoms with E-state index in [1.807, 2.05) is 0 Å². The van der Waals surface area contributed by atoms with Gasteiger partial charge in [0.05, 0.1) is 16.7 Å². The molecule has 6 heteroatoms. The zero-order valence-corrected chi connectivity index (χ0v) is 10.3. The summed E-state index contributed by atoms with van der Waals surface area (Å²) in [4.78, 5) is 4.01. The number of fused-ring (bicyclic) bond motifs is 1. The van der Waals surface area contributed by atoms with Crippen LogP contribution in [0.4, 0.5) is 14.7 Å². The lowest BCUT2D eigenvalue weighted by molar-refractivity contribution is 0.620. The Bertz CT molecular complexity index is 783. The molecular weight excluding hydrogens is 272 g/mol. The molecular formula is C13H8ClF2N3. The third-order valence-corrected chi connectivity index (χ3v) is 3.03. The lowest BCUT2D eigenvalue weighted by Gasteiger charge is -2.08. The van der Waals surface area contributed by atoms with Gasteiger partial charge in [-0.3, -0.25) is 4.57 Å². The minimum Gasteiger partial charge on any atom is -0.369 e. The molecule has 0 aliphatic carbocycles. The number of imidazole rings is 1. The molecule has 3 nitrogen and oxygen atoms in total. The highest BCUT2D eigenvalue weighted by atomic mass is 35.5. The van der Waals surface area contributed by atoms with Crippen LogP contribution < -0.4 is 5.73 Å². The van der Waals surface area contributed by atoms with Gasteiger partial charge in [-0.2, -0.15) is 0 Å². The van der Waals surface area contributed by atoms with Crippen molar-refractivity contribution < 1.29 is 8.78 Å². The van der Waals surface area contributed by atoms with Crippen LogP contribution in [0.2, 0.25) is 5.02 Å². The summed E-state index contributed by atoms with van der Waals surface area (Å²) in [6.07, 6.45) is 0. The van der Waals surface area contributed by atoms with Gasteiger partial charge in [0.1, 0.15) is 11.6 Å². The topological polar surface area (TPSA) is 43.8 Å². The van der Waals surface area contributed by atoms with Gasteiger partial charge in [-0.15, -0.1) is 0 Å². The maximum atomic E-state index is 13.9. The second kappa shape index (κ2) is 4.20. The first-order valence-electron chi connectivity index (χ1n) is 5.45. The quantitative estimate of drug-likeness (QED) is 0.740. The molecule has 0 spiro atoms. The Morgan fingerprint density at radius 2 is 1.89 bits per heavy atom. The Balaban J connectivity index is 2.33. The van der Waals surface area contributed by atoms with Crippen molar-refractivity contribution in [1.82, 2.24) is 9.55 Å². The molecule has 96 valence electrons. The van der Waals surface area contributed by atoms with Crippen LogP contribution >= 0.6 is 11.6 Å². The average Bonchev–Trinajstić information content (AvgIpc) is 2.65. The predicted molar refractivity (Wildman–Crippen MR) is 70.4 cm³/mol. The van der Waals surface area contributed by atoms with Crippen LogP contribution in [0.25, 0.3) is 16.7 Å².